The number of aliphatic imine (C=N–C) groups is 1. The van der Waals surface area contributed by atoms with E-state index in [4.69, 9.17) is 4.99 Å². The fourth-order valence-corrected chi connectivity index (χ4v) is 12.3. The van der Waals surface area contributed by atoms with Crippen molar-refractivity contribution < 1.29 is 0 Å². The van der Waals surface area contributed by atoms with Crippen molar-refractivity contribution in [3.8, 4) is 11.4 Å². The molecule has 0 amide bonds. The molecule has 5 rings (SSSR count). The second kappa shape index (κ2) is 13.4. The van der Waals surface area contributed by atoms with Crippen LogP contribution in [0.25, 0.3) is 29.6 Å². The minimum atomic E-state index is -0.0174. The molecule has 12 heteroatoms. The Morgan fingerprint density at radius 3 is 1.35 bits per heavy atom. The van der Waals surface area contributed by atoms with Gasteiger partial charge in [-0.15, -0.1) is 94.1 Å². The number of hydrogen-bond donors (Lipinski definition) is 3. The lowest BCUT2D eigenvalue weighted by Crippen LogP contribution is -2.02. The van der Waals surface area contributed by atoms with Crippen molar-refractivity contribution in [1.82, 2.24) is 15.0 Å². The fraction of sp³-hybridized carbons (Fsp3) is 0.321. The van der Waals surface area contributed by atoms with Gasteiger partial charge >= 0.3 is 0 Å². The first-order valence-corrected chi connectivity index (χ1v) is 22.1. The first-order chi connectivity index (χ1) is 19.5. The van der Waals surface area contributed by atoms with Gasteiger partial charge in [-0.25, -0.2) is 0 Å². The average molecular weight is 681 g/mol. The van der Waals surface area contributed by atoms with Gasteiger partial charge < -0.3 is 15.0 Å². The van der Waals surface area contributed by atoms with E-state index in [0.717, 1.165) is 39.9 Å². The number of nitrogens with one attached hydrogen (secondary N) is 3. The van der Waals surface area contributed by atoms with Crippen LogP contribution in [0.5, 0.6) is 0 Å². The van der Waals surface area contributed by atoms with Crippen LogP contribution in [0.2, 0.25) is 0 Å². The maximum Gasteiger partial charge on any atom is 0.101 e. The number of rotatable bonds is 8. The van der Waals surface area contributed by atoms with Crippen LogP contribution in [0.15, 0.2) is 50.3 Å². The van der Waals surface area contributed by atoms with Crippen LogP contribution in [0.3, 0.4) is 0 Å². The second-order valence-corrected chi connectivity index (χ2v) is 15.2. The zero-order valence-corrected chi connectivity index (χ0v) is 30.1. The Labute approximate surface area is 271 Å². The largest absolute Gasteiger partial charge is 0.352 e. The van der Waals surface area contributed by atoms with E-state index >= 15 is 0 Å². The molecule has 0 saturated heterocycles. The lowest BCUT2D eigenvalue weighted by molar-refractivity contribution is 1.04. The molecule has 0 aromatic carbocycles. The maximum atomic E-state index is 5.34. The van der Waals surface area contributed by atoms with Crippen LogP contribution in [0.4, 0.5) is 0 Å². The second-order valence-electron chi connectivity index (χ2n) is 8.66. The number of nitrogens with zero attached hydrogens (tertiary/aromatic N) is 1. The Morgan fingerprint density at radius 2 is 0.925 bits per heavy atom. The van der Waals surface area contributed by atoms with Crippen molar-refractivity contribution >= 4 is 118 Å². The molecular formula is C28H32N4S8. The van der Waals surface area contributed by atoms with Gasteiger partial charge in [-0.1, -0.05) is 6.08 Å². The van der Waals surface area contributed by atoms with E-state index in [1.54, 1.807) is 94.1 Å². The molecule has 0 saturated carbocycles. The van der Waals surface area contributed by atoms with Crippen LogP contribution < -0.4 is 0 Å². The van der Waals surface area contributed by atoms with Crippen molar-refractivity contribution in [2.45, 2.75) is 35.4 Å². The third-order valence-electron chi connectivity index (χ3n) is 6.79. The van der Waals surface area contributed by atoms with Gasteiger partial charge in [-0.3, -0.25) is 4.99 Å². The summed E-state index contributed by atoms with van der Waals surface area (Å²) in [7, 11) is 0. The highest BCUT2D eigenvalue weighted by Crippen LogP contribution is 2.47. The van der Waals surface area contributed by atoms with Crippen LogP contribution >= 0.6 is 94.1 Å². The van der Waals surface area contributed by atoms with Crippen LogP contribution in [-0.2, 0) is 0 Å². The Kier molecular flexibility index (Phi) is 10.4. The van der Waals surface area contributed by atoms with Crippen molar-refractivity contribution in [3.63, 3.8) is 0 Å². The van der Waals surface area contributed by atoms with Gasteiger partial charge in [0.15, 0.2) is 0 Å². The van der Waals surface area contributed by atoms with E-state index in [1.807, 2.05) is 0 Å². The SMILES string of the molecule is CSC1=C(SC)C2/C=C\c3[nH]c(c(SC)c3SC)-c3[nH]c(c(SC)c3SC)/C=C\c3[nH]c(c(SC)c3SC)C1=N2. The molecular weight excluding hydrogens is 649 g/mol. The Hall–Kier alpha value is -0.470. The molecule has 2 aliphatic heterocycles. The summed E-state index contributed by atoms with van der Waals surface area (Å²) in [5, 5.41) is 0. The summed E-state index contributed by atoms with van der Waals surface area (Å²) in [5.74, 6) is 0. The molecule has 8 bridgehead atoms. The number of aromatic amines is 3. The van der Waals surface area contributed by atoms with Crippen LogP contribution in [-0.4, -0.2) is 76.8 Å². The minimum Gasteiger partial charge on any atom is -0.352 e. The smallest absolute Gasteiger partial charge is 0.101 e. The summed E-state index contributed by atoms with van der Waals surface area (Å²) in [6, 6.07) is -0.0174. The molecule has 0 fully saturated rings. The van der Waals surface area contributed by atoms with E-state index in [9.17, 15) is 0 Å². The van der Waals surface area contributed by atoms with Crippen molar-refractivity contribution in [3.05, 3.63) is 38.7 Å². The topological polar surface area (TPSA) is 59.7 Å². The third-order valence-corrected chi connectivity index (χ3v) is 14.0. The number of thioether (sulfide) groups is 8. The lowest BCUT2D eigenvalue weighted by Gasteiger charge is -2.08. The molecule has 3 aromatic rings. The Balaban J connectivity index is 1.85. The molecule has 5 heterocycles. The Morgan fingerprint density at radius 1 is 0.500 bits per heavy atom. The molecule has 0 radical (unpaired) electrons. The van der Waals surface area contributed by atoms with Crippen molar-refractivity contribution in [2.24, 2.45) is 4.99 Å². The molecule has 2 aliphatic rings. The van der Waals surface area contributed by atoms with Gasteiger partial charge in [0.05, 0.1) is 39.9 Å². The zero-order valence-electron chi connectivity index (χ0n) is 23.6. The van der Waals surface area contributed by atoms with E-state index < -0.39 is 0 Å². The molecule has 40 heavy (non-hydrogen) atoms. The fourth-order valence-electron chi connectivity index (χ4n) is 5.10. The summed E-state index contributed by atoms with van der Waals surface area (Å²) in [6.45, 7) is 0. The van der Waals surface area contributed by atoms with E-state index in [0.29, 0.717) is 0 Å². The average Bonchev–Trinajstić information content (AvgIpc) is 3.71. The third kappa shape index (κ3) is 5.27. The van der Waals surface area contributed by atoms with Crippen molar-refractivity contribution in [1.29, 1.82) is 0 Å². The molecule has 4 nitrogen and oxygen atoms in total. The summed E-state index contributed by atoms with van der Waals surface area (Å²) in [5.41, 5.74) is 7.88. The highest BCUT2D eigenvalue weighted by atomic mass is 32.2. The Bertz CT molecular complexity index is 1550. The number of hydrogen-bond acceptors (Lipinski definition) is 9. The van der Waals surface area contributed by atoms with Gasteiger partial charge in [0, 0.05) is 39.2 Å². The van der Waals surface area contributed by atoms with Gasteiger partial charge in [0.1, 0.15) is 6.04 Å². The number of allylic oxidation sites excluding steroid dienone is 1. The molecule has 212 valence electrons. The summed E-state index contributed by atoms with van der Waals surface area (Å²) in [4.78, 5) is 27.0. The molecule has 3 aromatic heterocycles. The summed E-state index contributed by atoms with van der Waals surface area (Å²) in [6.07, 6.45) is 26.3. The summed E-state index contributed by atoms with van der Waals surface area (Å²) >= 11 is 14.4. The molecule has 1 atom stereocenters. The standard InChI is InChI=1S/C28H32N4S8/c1-33-21-13-9-10-14-22(34-2)27(39-7)19(31-14)20-28(40-8)24(36-4)16(32-20)12-11-15-23(35-3)26(38-6)18(30-15)17(29-13)25(21)37-5/h9-13,30-32H,1-8H3/b10-9-,12-11-. The monoisotopic (exact) mass is 680 g/mol. The van der Waals surface area contributed by atoms with Gasteiger partial charge in [0.2, 0.25) is 0 Å². The number of aromatic nitrogens is 3. The van der Waals surface area contributed by atoms with Gasteiger partial charge in [0.25, 0.3) is 0 Å². The molecule has 3 N–H and O–H groups in total. The summed E-state index contributed by atoms with van der Waals surface area (Å²) < 4.78 is 0. The number of fused-ring (bicyclic) bond motifs is 9. The number of H-pyrrole nitrogens is 3. The molecule has 0 aliphatic carbocycles. The van der Waals surface area contributed by atoms with Gasteiger partial charge in [-0.05, 0) is 68.3 Å². The highest BCUT2D eigenvalue weighted by molar-refractivity contribution is 8.07. The first kappa shape index (κ1) is 31.0. The van der Waals surface area contributed by atoms with Gasteiger partial charge in [-0.2, -0.15) is 0 Å². The maximum absolute atomic E-state index is 5.34. The predicted molar refractivity (Wildman–Crippen MR) is 194 cm³/mol. The lowest BCUT2D eigenvalue weighted by atomic mass is 10.2. The van der Waals surface area contributed by atoms with Crippen LogP contribution in [0, 0.1) is 0 Å². The van der Waals surface area contributed by atoms with Crippen LogP contribution in [0.1, 0.15) is 22.8 Å². The molecule has 0 spiro atoms. The van der Waals surface area contributed by atoms with E-state index in [-0.39, 0.29) is 6.04 Å². The normalized spacial score (nSPS) is 18.0. The minimum absolute atomic E-state index is 0.0174. The zero-order chi connectivity index (χ0) is 28.6. The predicted octanol–water partition coefficient (Wildman–Crippen LogP) is 9.98. The van der Waals surface area contributed by atoms with Crippen molar-refractivity contribution in [2.75, 3.05) is 50.0 Å². The molecule has 1 unspecified atom stereocenters. The van der Waals surface area contributed by atoms with E-state index in [1.165, 1.54) is 39.2 Å². The van der Waals surface area contributed by atoms with E-state index in [2.05, 4.69) is 89.3 Å². The highest BCUT2D eigenvalue weighted by Gasteiger charge is 2.31. The quantitative estimate of drug-likeness (QED) is 0.203. The first-order valence-electron chi connectivity index (χ1n) is 12.3.